The monoisotopic (exact) mass is 326 g/mol. The molecule has 0 spiro atoms. The standard InChI is InChI=1S/C20H26N2O2/c1-16(2)15-24-19-11-7-10-18(12-19)21-20(23)14-22(3)13-17-8-5-4-6-9-17/h4-12,16H,13-15H2,1-3H3,(H,21,23). The lowest BCUT2D eigenvalue weighted by Gasteiger charge is -2.16. The zero-order valence-corrected chi connectivity index (χ0v) is 14.7. The summed E-state index contributed by atoms with van der Waals surface area (Å²) in [6.45, 7) is 5.96. The molecule has 0 unspecified atom stereocenters. The number of anilines is 1. The van der Waals surface area contributed by atoms with Crippen molar-refractivity contribution >= 4 is 11.6 Å². The van der Waals surface area contributed by atoms with Gasteiger partial charge in [-0.15, -0.1) is 0 Å². The maximum atomic E-state index is 12.2. The van der Waals surface area contributed by atoms with E-state index in [1.165, 1.54) is 5.56 Å². The van der Waals surface area contributed by atoms with Crippen molar-refractivity contribution in [3.8, 4) is 5.75 Å². The van der Waals surface area contributed by atoms with Gasteiger partial charge in [-0.3, -0.25) is 9.69 Å². The van der Waals surface area contributed by atoms with E-state index in [4.69, 9.17) is 4.74 Å². The molecule has 1 amide bonds. The Morgan fingerprint density at radius 2 is 1.88 bits per heavy atom. The van der Waals surface area contributed by atoms with E-state index in [2.05, 4.69) is 31.3 Å². The van der Waals surface area contributed by atoms with Crippen molar-refractivity contribution in [2.75, 3.05) is 25.5 Å². The van der Waals surface area contributed by atoms with Crippen molar-refractivity contribution in [3.05, 3.63) is 60.2 Å². The van der Waals surface area contributed by atoms with E-state index < -0.39 is 0 Å². The molecule has 2 rings (SSSR count). The topological polar surface area (TPSA) is 41.6 Å². The summed E-state index contributed by atoms with van der Waals surface area (Å²) in [4.78, 5) is 14.2. The van der Waals surface area contributed by atoms with E-state index in [0.29, 0.717) is 19.1 Å². The summed E-state index contributed by atoms with van der Waals surface area (Å²) >= 11 is 0. The Morgan fingerprint density at radius 1 is 1.12 bits per heavy atom. The number of carbonyl (C=O) groups is 1. The molecule has 0 bridgehead atoms. The van der Waals surface area contributed by atoms with Gasteiger partial charge in [0.2, 0.25) is 5.91 Å². The van der Waals surface area contributed by atoms with Gasteiger partial charge in [0.15, 0.2) is 0 Å². The molecule has 128 valence electrons. The van der Waals surface area contributed by atoms with Crippen LogP contribution in [0.25, 0.3) is 0 Å². The van der Waals surface area contributed by atoms with Gasteiger partial charge in [0.1, 0.15) is 5.75 Å². The van der Waals surface area contributed by atoms with E-state index in [-0.39, 0.29) is 5.91 Å². The number of amides is 1. The molecule has 0 saturated carbocycles. The summed E-state index contributed by atoms with van der Waals surface area (Å²) < 4.78 is 5.69. The highest BCUT2D eigenvalue weighted by atomic mass is 16.5. The predicted molar refractivity (Wildman–Crippen MR) is 98.2 cm³/mol. The number of benzene rings is 2. The Morgan fingerprint density at radius 3 is 2.58 bits per heavy atom. The first-order valence-corrected chi connectivity index (χ1v) is 8.28. The summed E-state index contributed by atoms with van der Waals surface area (Å²) in [5.41, 5.74) is 1.95. The average Bonchev–Trinajstić information content (AvgIpc) is 2.54. The fraction of sp³-hybridized carbons (Fsp3) is 0.350. The third-order valence-electron chi connectivity index (χ3n) is 3.41. The fourth-order valence-corrected chi connectivity index (χ4v) is 2.32. The van der Waals surface area contributed by atoms with E-state index >= 15 is 0 Å². The molecule has 0 radical (unpaired) electrons. The number of nitrogens with zero attached hydrogens (tertiary/aromatic N) is 1. The number of hydrogen-bond donors (Lipinski definition) is 1. The largest absolute Gasteiger partial charge is 0.493 e. The van der Waals surface area contributed by atoms with Gasteiger partial charge in [0.05, 0.1) is 13.2 Å². The first kappa shape index (κ1) is 18.0. The summed E-state index contributed by atoms with van der Waals surface area (Å²) in [5.74, 6) is 1.21. The molecule has 0 aliphatic rings. The van der Waals surface area contributed by atoms with E-state index in [0.717, 1.165) is 18.0 Å². The van der Waals surface area contributed by atoms with Crippen LogP contribution in [0.4, 0.5) is 5.69 Å². The van der Waals surface area contributed by atoms with Gasteiger partial charge in [0.25, 0.3) is 0 Å². The molecule has 4 heteroatoms. The first-order chi connectivity index (χ1) is 11.5. The zero-order valence-electron chi connectivity index (χ0n) is 14.7. The minimum atomic E-state index is -0.0329. The molecular weight excluding hydrogens is 300 g/mol. The van der Waals surface area contributed by atoms with Gasteiger partial charge in [-0.25, -0.2) is 0 Å². The Labute approximate surface area is 144 Å². The number of hydrogen-bond acceptors (Lipinski definition) is 3. The highest BCUT2D eigenvalue weighted by Crippen LogP contribution is 2.18. The first-order valence-electron chi connectivity index (χ1n) is 8.28. The molecule has 4 nitrogen and oxygen atoms in total. The second-order valence-electron chi connectivity index (χ2n) is 6.44. The fourth-order valence-electron chi connectivity index (χ4n) is 2.32. The highest BCUT2D eigenvalue weighted by Gasteiger charge is 2.08. The van der Waals surface area contributed by atoms with Crippen LogP contribution in [-0.2, 0) is 11.3 Å². The molecule has 0 heterocycles. The summed E-state index contributed by atoms with van der Waals surface area (Å²) in [6.07, 6.45) is 0. The normalized spacial score (nSPS) is 10.9. The Balaban J connectivity index is 1.84. The molecule has 2 aromatic carbocycles. The van der Waals surface area contributed by atoms with Gasteiger partial charge in [-0.2, -0.15) is 0 Å². The minimum absolute atomic E-state index is 0.0329. The van der Waals surface area contributed by atoms with Crippen molar-refractivity contribution in [2.45, 2.75) is 20.4 Å². The maximum Gasteiger partial charge on any atom is 0.238 e. The second-order valence-corrected chi connectivity index (χ2v) is 6.44. The van der Waals surface area contributed by atoms with E-state index in [1.54, 1.807) is 0 Å². The van der Waals surface area contributed by atoms with Crippen LogP contribution in [-0.4, -0.2) is 31.0 Å². The molecule has 0 atom stereocenters. The molecule has 1 N–H and O–H groups in total. The molecule has 0 aliphatic carbocycles. The number of carbonyl (C=O) groups excluding carboxylic acids is 1. The molecule has 0 aromatic heterocycles. The van der Waals surface area contributed by atoms with Crippen LogP contribution >= 0.6 is 0 Å². The van der Waals surface area contributed by atoms with Gasteiger partial charge in [-0.05, 0) is 30.7 Å². The van der Waals surface area contributed by atoms with Crippen molar-refractivity contribution in [2.24, 2.45) is 5.92 Å². The quantitative estimate of drug-likeness (QED) is 0.802. The van der Waals surface area contributed by atoms with Gasteiger partial charge >= 0.3 is 0 Å². The smallest absolute Gasteiger partial charge is 0.238 e. The van der Waals surface area contributed by atoms with E-state index in [9.17, 15) is 4.79 Å². The van der Waals surface area contributed by atoms with Crippen LogP contribution in [0.5, 0.6) is 5.75 Å². The van der Waals surface area contributed by atoms with E-state index in [1.807, 2.05) is 54.4 Å². The lowest BCUT2D eigenvalue weighted by atomic mass is 10.2. The molecule has 0 saturated heterocycles. The van der Waals surface area contributed by atoms with Gasteiger partial charge in [-0.1, -0.05) is 50.2 Å². The third kappa shape index (κ3) is 6.42. The number of likely N-dealkylation sites (N-methyl/N-ethyl adjacent to an activating group) is 1. The van der Waals surface area contributed by atoms with Crippen molar-refractivity contribution < 1.29 is 9.53 Å². The SMILES string of the molecule is CC(C)COc1cccc(NC(=O)CN(C)Cc2ccccc2)c1. The molecule has 2 aromatic rings. The van der Waals surface area contributed by atoms with Crippen LogP contribution < -0.4 is 10.1 Å². The lowest BCUT2D eigenvalue weighted by molar-refractivity contribution is -0.117. The van der Waals surface area contributed by atoms with Crippen LogP contribution in [0.2, 0.25) is 0 Å². The van der Waals surface area contributed by atoms with Crippen LogP contribution in [0.3, 0.4) is 0 Å². The molecule has 0 aliphatic heterocycles. The number of nitrogens with one attached hydrogen (secondary N) is 1. The maximum absolute atomic E-state index is 12.2. The molecular formula is C20H26N2O2. The van der Waals surface area contributed by atoms with Crippen molar-refractivity contribution in [1.29, 1.82) is 0 Å². The minimum Gasteiger partial charge on any atom is -0.493 e. The van der Waals surface area contributed by atoms with Gasteiger partial charge < -0.3 is 10.1 Å². The number of rotatable bonds is 8. The van der Waals surface area contributed by atoms with Crippen molar-refractivity contribution in [1.82, 2.24) is 4.90 Å². The summed E-state index contributed by atoms with van der Waals surface area (Å²) in [7, 11) is 1.94. The Kier molecular flexibility index (Phi) is 6.82. The number of ether oxygens (including phenoxy) is 1. The van der Waals surface area contributed by atoms with Gasteiger partial charge in [0, 0.05) is 18.3 Å². The highest BCUT2D eigenvalue weighted by molar-refractivity contribution is 5.92. The second kappa shape index (κ2) is 9.08. The summed E-state index contributed by atoms with van der Waals surface area (Å²) in [5, 5.41) is 2.93. The Hall–Kier alpha value is -2.33. The molecule has 0 fully saturated rings. The Bertz CT molecular complexity index is 641. The zero-order chi connectivity index (χ0) is 17.4. The summed E-state index contributed by atoms with van der Waals surface area (Å²) in [6, 6.07) is 17.6. The third-order valence-corrected chi connectivity index (χ3v) is 3.41. The van der Waals surface area contributed by atoms with Crippen molar-refractivity contribution in [3.63, 3.8) is 0 Å². The van der Waals surface area contributed by atoms with Crippen LogP contribution in [0.15, 0.2) is 54.6 Å². The average molecular weight is 326 g/mol. The van der Waals surface area contributed by atoms with Crippen LogP contribution in [0.1, 0.15) is 19.4 Å². The molecule has 24 heavy (non-hydrogen) atoms. The predicted octanol–water partition coefficient (Wildman–Crippen LogP) is 3.79. The lowest BCUT2D eigenvalue weighted by Crippen LogP contribution is -2.29. The van der Waals surface area contributed by atoms with Crippen LogP contribution in [0, 0.1) is 5.92 Å².